The molecule has 21 heavy (non-hydrogen) atoms. The van der Waals surface area contributed by atoms with Crippen molar-refractivity contribution in [3.8, 4) is 0 Å². The van der Waals surface area contributed by atoms with Crippen molar-refractivity contribution in [2.24, 2.45) is 0 Å². The third kappa shape index (κ3) is 4.37. The number of carbonyl (C=O) groups is 1. The maximum Gasteiger partial charge on any atom is 0.251 e. The van der Waals surface area contributed by atoms with Gasteiger partial charge < -0.3 is 10.0 Å². The quantitative estimate of drug-likeness (QED) is 0.814. The van der Waals surface area contributed by atoms with Crippen LogP contribution in [0.4, 0.5) is 10.1 Å². The molecule has 2 N–H and O–H groups in total. The molecule has 0 aliphatic rings. The standard InChI is InChI=1S/C15H14ClFN2OS/c1-21-19-12-5-3-11(4-6-12)15(20)18-9-10-2-7-13(16)14(17)8-10/h2-8,19H,9H2,1H3,(H,18,20). The lowest BCUT2D eigenvalue weighted by Crippen LogP contribution is -2.22. The van der Waals surface area contributed by atoms with Crippen LogP contribution in [0.25, 0.3) is 0 Å². The van der Waals surface area contributed by atoms with Crippen LogP contribution in [0.1, 0.15) is 15.9 Å². The lowest BCUT2D eigenvalue weighted by Gasteiger charge is -2.07. The number of halogens is 2. The van der Waals surface area contributed by atoms with Gasteiger partial charge in [0.05, 0.1) is 5.02 Å². The molecule has 0 aliphatic heterocycles. The number of nitrogens with one attached hydrogen (secondary N) is 2. The molecule has 0 saturated heterocycles. The van der Waals surface area contributed by atoms with Crippen LogP contribution in [0.15, 0.2) is 42.5 Å². The first-order valence-electron chi connectivity index (χ1n) is 6.21. The fraction of sp³-hybridized carbons (Fsp3) is 0.133. The first-order valence-corrected chi connectivity index (χ1v) is 7.81. The predicted molar refractivity (Wildman–Crippen MR) is 86.2 cm³/mol. The average Bonchev–Trinajstić information content (AvgIpc) is 2.49. The van der Waals surface area contributed by atoms with E-state index >= 15 is 0 Å². The summed E-state index contributed by atoms with van der Waals surface area (Å²) < 4.78 is 16.4. The zero-order valence-corrected chi connectivity index (χ0v) is 12.9. The van der Waals surface area contributed by atoms with E-state index in [4.69, 9.17) is 11.6 Å². The zero-order valence-electron chi connectivity index (χ0n) is 11.3. The van der Waals surface area contributed by atoms with Gasteiger partial charge in [0, 0.05) is 24.1 Å². The monoisotopic (exact) mass is 324 g/mol. The second-order valence-corrected chi connectivity index (χ2v) is 5.33. The summed E-state index contributed by atoms with van der Waals surface area (Å²) in [6.07, 6.45) is 1.92. The lowest BCUT2D eigenvalue weighted by atomic mass is 10.2. The largest absolute Gasteiger partial charge is 0.348 e. The Bertz CT molecular complexity index is 634. The molecule has 6 heteroatoms. The number of hydrogen-bond acceptors (Lipinski definition) is 3. The number of rotatable bonds is 5. The average molecular weight is 325 g/mol. The molecular weight excluding hydrogens is 311 g/mol. The van der Waals surface area contributed by atoms with E-state index in [2.05, 4.69) is 10.0 Å². The van der Waals surface area contributed by atoms with Crippen LogP contribution in [0.3, 0.4) is 0 Å². The van der Waals surface area contributed by atoms with Crippen LogP contribution in [0.5, 0.6) is 0 Å². The van der Waals surface area contributed by atoms with Crippen molar-refractivity contribution >= 4 is 35.1 Å². The number of carbonyl (C=O) groups excluding carboxylic acids is 1. The van der Waals surface area contributed by atoms with E-state index < -0.39 is 5.82 Å². The van der Waals surface area contributed by atoms with Gasteiger partial charge in [-0.25, -0.2) is 4.39 Å². The van der Waals surface area contributed by atoms with Crippen LogP contribution in [-0.2, 0) is 6.54 Å². The zero-order chi connectivity index (χ0) is 15.2. The van der Waals surface area contributed by atoms with E-state index in [1.807, 2.05) is 18.4 Å². The van der Waals surface area contributed by atoms with Gasteiger partial charge in [-0.05, 0) is 42.0 Å². The minimum Gasteiger partial charge on any atom is -0.348 e. The molecule has 1 amide bonds. The van der Waals surface area contributed by atoms with Crippen molar-refractivity contribution in [1.82, 2.24) is 5.32 Å². The summed E-state index contributed by atoms with van der Waals surface area (Å²) in [6.45, 7) is 0.248. The normalized spacial score (nSPS) is 10.2. The second kappa shape index (κ2) is 7.33. The van der Waals surface area contributed by atoms with E-state index in [-0.39, 0.29) is 17.5 Å². The minimum atomic E-state index is -0.490. The van der Waals surface area contributed by atoms with E-state index in [1.54, 1.807) is 18.2 Å². The Morgan fingerprint density at radius 3 is 2.57 bits per heavy atom. The minimum absolute atomic E-state index is 0.0713. The molecule has 0 atom stereocenters. The molecule has 0 aromatic heterocycles. The molecule has 0 unspecified atom stereocenters. The molecule has 0 heterocycles. The lowest BCUT2D eigenvalue weighted by molar-refractivity contribution is 0.0951. The highest BCUT2D eigenvalue weighted by Crippen LogP contribution is 2.16. The van der Waals surface area contributed by atoms with E-state index in [0.717, 1.165) is 5.69 Å². The highest BCUT2D eigenvalue weighted by Gasteiger charge is 2.06. The Kier molecular flexibility index (Phi) is 5.47. The van der Waals surface area contributed by atoms with Gasteiger partial charge in [-0.15, -0.1) is 0 Å². The van der Waals surface area contributed by atoms with Crippen molar-refractivity contribution < 1.29 is 9.18 Å². The Balaban J connectivity index is 1.96. The van der Waals surface area contributed by atoms with Crippen molar-refractivity contribution in [2.75, 3.05) is 11.0 Å². The Morgan fingerprint density at radius 1 is 1.24 bits per heavy atom. The third-order valence-corrected chi connectivity index (χ3v) is 3.55. The Labute approximate surface area is 132 Å². The molecule has 0 radical (unpaired) electrons. The summed E-state index contributed by atoms with van der Waals surface area (Å²) in [5, 5.41) is 2.81. The highest BCUT2D eigenvalue weighted by atomic mass is 35.5. The van der Waals surface area contributed by atoms with Gasteiger partial charge in [-0.1, -0.05) is 29.6 Å². The summed E-state index contributed by atoms with van der Waals surface area (Å²) in [5.41, 5.74) is 2.14. The van der Waals surface area contributed by atoms with E-state index in [0.29, 0.717) is 11.1 Å². The highest BCUT2D eigenvalue weighted by molar-refractivity contribution is 7.99. The van der Waals surface area contributed by atoms with Crippen molar-refractivity contribution in [3.05, 3.63) is 64.4 Å². The molecule has 0 aliphatic carbocycles. The van der Waals surface area contributed by atoms with Crippen LogP contribution >= 0.6 is 23.5 Å². The molecule has 0 bridgehead atoms. The van der Waals surface area contributed by atoms with Crippen LogP contribution in [0.2, 0.25) is 5.02 Å². The molecular formula is C15H14ClFN2OS. The van der Waals surface area contributed by atoms with Crippen molar-refractivity contribution in [2.45, 2.75) is 6.54 Å². The molecule has 2 aromatic carbocycles. The van der Waals surface area contributed by atoms with Crippen LogP contribution in [-0.4, -0.2) is 12.2 Å². The SMILES string of the molecule is CSNc1ccc(C(=O)NCc2ccc(Cl)c(F)c2)cc1. The molecule has 0 spiro atoms. The van der Waals surface area contributed by atoms with Crippen molar-refractivity contribution in [3.63, 3.8) is 0 Å². The molecule has 110 valence electrons. The molecule has 2 rings (SSSR count). The Morgan fingerprint density at radius 2 is 1.95 bits per heavy atom. The molecule has 2 aromatic rings. The van der Waals surface area contributed by atoms with Gasteiger partial charge in [0.25, 0.3) is 5.91 Å². The molecule has 0 fully saturated rings. The molecule has 0 saturated carbocycles. The van der Waals surface area contributed by atoms with Gasteiger partial charge in [0.1, 0.15) is 5.82 Å². The first-order chi connectivity index (χ1) is 10.1. The predicted octanol–water partition coefficient (Wildman–Crippen LogP) is 4.10. The fourth-order valence-electron chi connectivity index (χ4n) is 1.74. The smallest absolute Gasteiger partial charge is 0.251 e. The van der Waals surface area contributed by atoms with Gasteiger partial charge in [-0.3, -0.25) is 4.79 Å². The van der Waals surface area contributed by atoms with Crippen LogP contribution < -0.4 is 10.0 Å². The summed E-state index contributed by atoms with van der Waals surface area (Å²) in [6, 6.07) is 11.6. The first kappa shape index (κ1) is 15.7. The van der Waals surface area contributed by atoms with Gasteiger partial charge >= 0.3 is 0 Å². The van der Waals surface area contributed by atoms with Crippen molar-refractivity contribution in [1.29, 1.82) is 0 Å². The second-order valence-electron chi connectivity index (χ2n) is 4.31. The Hall–Kier alpha value is -1.72. The summed E-state index contributed by atoms with van der Waals surface area (Å²) in [4.78, 5) is 12.0. The number of anilines is 1. The number of hydrogen-bond donors (Lipinski definition) is 2. The van der Waals surface area contributed by atoms with Gasteiger partial charge in [0.2, 0.25) is 0 Å². The van der Waals surface area contributed by atoms with Gasteiger partial charge in [-0.2, -0.15) is 0 Å². The number of benzene rings is 2. The van der Waals surface area contributed by atoms with E-state index in [1.165, 1.54) is 24.1 Å². The summed E-state index contributed by atoms with van der Waals surface area (Å²) >= 11 is 7.09. The topological polar surface area (TPSA) is 41.1 Å². The van der Waals surface area contributed by atoms with Gasteiger partial charge in [0.15, 0.2) is 0 Å². The third-order valence-electron chi connectivity index (χ3n) is 2.80. The maximum atomic E-state index is 13.3. The fourth-order valence-corrected chi connectivity index (χ4v) is 2.23. The van der Waals surface area contributed by atoms with E-state index in [9.17, 15) is 9.18 Å². The summed E-state index contributed by atoms with van der Waals surface area (Å²) in [7, 11) is 0. The summed E-state index contributed by atoms with van der Waals surface area (Å²) in [5.74, 6) is -0.697. The molecule has 3 nitrogen and oxygen atoms in total. The van der Waals surface area contributed by atoms with Crippen LogP contribution in [0, 0.1) is 5.82 Å². The maximum absolute atomic E-state index is 13.3. The number of amides is 1.